The maximum absolute atomic E-state index is 11.5. The van der Waals surface area contributed by atoms with Gasteiger partial charge in [0.05, 0.1) is 16.6 Å². The number of carbonyl (C=O) groups is 2. The first-order chi connectivity index (χ1) is 9.42. The van der Waals surface area contributed by atoms with Gasteiger partial charge in [0.2, 0.25) is 0 Å². The summed E-state index contributed by atoms with van der Waals surface area (Å²) in [5.41, 5.74) is 0.987. The predicted octanol–water partition coefficient (Wildman–Crippen LogP) is 3.69. The van der Waals surface area contributed by atoms with Crippen LogP contribution in [0.2, 0.25) is 5.02 Å². The molecule has 1 aromatic heterocycles. The van der Waals surface area contributed by atoms with E-state index in [-0.39, 0.29) is 17.6 Å². The van der Waals surface area contributed by atoms with Gasteiger partial charge in [0.25, 0.3) is 0 Å². The van der Waals surface area contributed by atoms with Crippen molar-refractivity contribution in [1.29, 1.82) is 0 Å². The van der Waals surface area contributed by atoms with Crippen LogP contribution in [0.15, 0.2) is 18.2 Å². The fourth-order valence-corrected chi connectivity index (χ4v) is 2.12. The molecule has 4 nitrogen and oxygen atoms in total. The van der Waals surface area contributed by atoms with E-state index in [1.165, 1.54) is 6.92 Å². The second-order valence-electron chi connectivity index (χ2n) is 4.74. The van der Waals surface area contributed by atoms with Crippen LogP contribution in [0.3, 0.4) is 0 Å². The van der Waals surface area contributed by atoms with E-state index in [0.29, 0.717) is 33.5 Å². The highest BCUT2D eigenvalue weighted by Crippen LogP contribution is 2.31. The highest BCUT2D eigenvalue weighted by Gasteiger charge is 2.13. The Bertz CT molecular complexity index is 695. The molecular formula is C15H14ClNO3. The van der Waals surface area contributed by atoms with Crippen LogP contribution in [0, 0.1) is 0 Å². The third-order valence-corrected chi connectivity index (χ3v) is 3.05. The van der Waals surface area contributed by atoms with Crippen LogP contribution in [-0.2, 0) is 0 Å². The number of aromatic nitrogens is 1. The van der Waals surface area contributed by atoms with E-state index in [2.05, 4.69) is 4.98 Å². The van der Waals surface area contributed by atoms with Crippen molar-refractivity contribution in [2.24, 2.45) is 0 Å². The van der Waals surface area contributed by atoms with E-state index in [1.54, 1.807) is 18.2 Å². The number of carbonyl (C=O) groups excluding carboxylic acids is 2. The average Bonchev–Trinajstić information content (AvgIpc) is 2.37. The Morgan fingerprint density at radius 1 is 1.35 bits per heavy atom. The number of hydrogen-bond acceptors (Lipinski definition) is 4. The minimum Gasteiger partial charge on any atom is -0.489 e. The average molecular weight is 292 g/mol. The number of ether oxygens (including phenoxy) is 1. The Balaban J connectivity index is 2.66. The summed E-state index contributed by atoms with van der Waals surface area (Å²) in [7, 11) is 0. The number of nitrogens with zero attached hydrogens (tertiary/aromatic N) is 1. The standard InChI is InChI=1S/C15H14ClNO3/c1-8(2)20-15-6-13-10(5-12(15)16)4-11(9(3)19)14(7-18)17-13/h4-8H,1-3H3. The van der Waals surface area contributed by atoms with Gasteiger partial charge in [-0.1, -0.05) is 11.6 Å². The molecule has 0 bridgehead atoms. The molecule has 0 spiro atoms. The van der Waals surface area contributed by atoms with Crippen LogP contribution in [0.1, 0.15) is 41.6 Å². The molecule has 1 aromatic carbocycles. The molecule has 104 valence electrons. The number of ketones is 1. The predicted molar refractivity (Wildman–Crippen MR) is 77.9 cm³/mol. The molecule has 0 fully saturated rings. The van der Waals surface area contributed by atoms with E-state index in [4.69, 9.17) is 16.3 Å². The van der Waals surface area contributed by atoms with Crippen LogP contribution in [-0.4, -0.2) is 23.2 Å². The first-order valence-electron chi connectivity index (χ1n) is 6.19. The fourth-order valence-electron chi connectivity index (χ4n) is 1.91. The first-order valence-corrected chi connectivity index (χ1v) is 6.57. The van der Waals surface area contributed by atoms with Gasteiger partial charge >= 0.3 is 0 Å². The van der Waals surface area contributed by atoms with Gasteiger partial charge in [-0.05, 0) is 32.9 Å². The van der Waals surface area contributed by atoms with Crippen molar-refractivity contribution in [3.8, 4) is 5.75 Å². The Morgan fingerprint density at radius 3 is 2.60 bits per heavy atom. The largest absolute Gasteiger partial charge is 0.489 e. The van der Waals surface area contributed by atoms with Crippen LogP contribution < -0.4 is 4.74 Å². The number of halogens is 1. The normalized spacial score (nSPS) is 10.8. The summed E-state index contributed by atoms with van der Waals surface area (Å²) in [5.74, 6) is 0.300. The number of benzene rings is 1. The SMILES string of the molecule is CC(=O)c1cc2cc(Cl)c(OC(C)C)cc2nc1C=O. The fraction of sp³-hybridized carbons (Fsp3) is 0.267. The van der Waals surface area contributed by atoms with Crippen LogP contribution in [0.25, 0.3) is 10.9 Å². The summed E-state index contributed by atoms with van der Waals surface area (Å²) >= 11 is 6.15. The third-order valence-electron chi connectivity index (χ3n) is 2.75. The number of rotatable bonds is 4. The summed E-state index contributed by atoms with van der Waals surface area (Å²) in [6, 6.07) is 4.98. The molecule has 1 heterocycles. The van der Waals surface area contributed by atoms with Gasteiger partial charge in [-0.3, -0.25) is 9.59 Å². The molecule has 0 aliphatic heterocycles. The molecule has 0 aliphatic carbocycles. The molecule has 0 unspecified atom stereocenters. The maximum Gasteiger partial charge on any atom is 0.169 e. The number of aldehydes is 1. The van der Waals surface area contributed by atoms with E-state index in [9.17, 15) is 9.59 Å². The van der Waals surface area contributed by atoms with Crippen molar-refractivity contribution in [2.45, 2.75) is 26.9 Å². The lowest BCUT2D eigenvalue weighted by Crippen LogP contribution is -2.06. The smallest absolute Gasteiger partial charge is 0.169 e. The Labute approximate surface area is 121 Å². The van der Waals surface area contributed by atoms with Gasteiger partial charge < -0.3 is 4.74 Å². The molecule has 0 radical (unpaired) electrons. The minimum absolute atomic E-state index is 0.0213. The van der Waals surface area contributed by atoms with Gasteiger partial charge in [-0.25, -0.2) is 4.98 Å². The molecular weight excluding hydrogens is 278 g/mol. The molecule has 20 heavy (non-hydrogen) atoms. The molecule has 5 heteroatoms. The number of Topliss-reactive ketones (excluding diaryl/α,β-unsaturated/α-hetero) is 1. The number of hydrogen-bond donors (Lipinski definition) is 0. The van der Waals surface area contributed by atoms with Crippen molar-refractivity contribution < 1.29 is 14.3 Å². The van der Waals surface area contributed by atoms with Crippen LogP contribution >= 0.6 is 11.6 Å². The van der Waals surface area contributed by atoms with Crippen molar-refractivity contribution in [2.75, 3.05) is 0 Å². The summed E-state index contributed by atoms with van der Waals surface area (Å²) in [6.45, 7) is 5.18. The van der Waals surface area contributed by atoms with E-state index >= 15 is 0 Å². The molecule has 2 rings (SSSR count). The zero-order valence-corrected chi connectivity index (χ0v) is 12.2. The second kappa shape index (κ2) is 5.59. The van der Waals surface area contributed by atoms with Gasteiger partial charge in [0.1, 0.15) is 11.4 Å². The Hall–Kier alpha value is -1.94. The lowest BCUT2D eigenvalue weighted by molar-refractivity contribution is 0.100. The lowest BCUT2D eigenvalue weighted by atomic mass is 10.1. The summed E-state index contributed by atoms with van der Waals surface area (Å²) in [5, 5.41) is 1.14. The van der Waals surface area contributed by atoms with E-state index in [0.717, 1.165) is 0 Å². The zero-order chi connectivity index (χ0) is 14.9. The molecule has 0 saturated heterocycles. The van der Waals surface area contributed by atoms with E-state index in [1.807, 2.05) is 13.8 Å². The first kappa shape index (κ1) is 14.5. The maximum atomic E-state index is 11.5. The van der Waals surface area contributed by atoms with Crippen LogP contribution in [0.5, 0.6) is 5.75 Å². The van der Waals surface area contributed by atoms with Crippen molar-refractivity contribution in [3.05, 3.63) is 34.5 Å². The molecule has 2 aromatic rings. The number of fused-ring (bicyclic) bond motifs is 1. The third kappa shape index (κ3) is 2.80. The Morgan fingerprint density at radius 2 is 2.05 bits per heavy atom. The minimum atomic E-state index is -0.208. The summed E-state index contributed by atoms with van der Waals surface area (Å²) < 4.78 is 5.58. The van der Waals surface area contributed by atoms with Gasteiger partial charge in [-0.2, -0.15) is 0 Å². The highest BCUT2D eigenvalue weighted by molar-refractivity contribution is 6.32. The quantitative estimate of drug-likeness (QED) is 0.637. The Kier molecular flexibility index (Phi) is 4.04. The molecule has 0 saturated carbocycles. The van der Waals surface area contributed by atoms with Crippen molar-refractivity contribution in [1.82, 2.24) is 4.98 Å². The molecule has 0 N–H and O–H groups in total. The van der Waals surface area contributed by atoms with Gasteiger partial charge in [0, 0.05) is 17.0 Å². The molecule has 0 atom stereocenters. The number of pyridine rings is 1. The van der Waals surface area contributed by atoms with Crippen molar-refractivity contribution >= 4 is 34.6 Å². The van der Waals surface area contributed by atoms with Gasteiger partial charge in [-0.15, -0.1) is 0 Å². The van der Waals surface area contributed by atoms with Gasteiger partial charge in [0.15, 0.2) is 12.1 Å². The van der Waals surface area contributed by atoms with E-state index < -0.39 is 0 Å². The second-order valence-corrected chi connectivity index (χ2v) is 5.14. The molecule has 0 aliphatic rings. The lowest BCUT2D eigenvalue weighted by Gasteiger charge is -2.12. The topological polar surface area (TPSA) is 56.3 Å². The zero-order valence-electron chi connectivity index (χ0n) is 11.4. The molecule has 0 amide bonds. The highest BCUT2D eigenvalue weighted by atomic mass is 35.5. The summed E-state index contributed by atoms with van der Waals surface area (Å²) in [4.78, 5) is 26.7. The monoisotopic (exact) mass is 291 g/mol. The van der Waals surface area contributed by atoms with Crippen LogP contribution in [0.4, 0.5) is 0 Å². The summed E-state index contributed by atoms with van der Waals surface area (Å²) in [6.07, 6.45) is 0.556. The van der Waals surface area contributed by atoms with Crippen molar-refractivity contribution in [3.63, 3.8) is 0 Å².